The molecule has 0 aliphatic carbocycles. The van der Waals surface area contributed by atoms with Crippen LogP contribution in [-0.2, 0) is 16.2 Å². The zero-order valence-corrected chi connectivity index (χ0v) is 19.2. The highest BCUT2D eigenvalue weighted by molar-refractivity contribution is 8.01. The summed E-state index contributed by atoms with van der Waals surface area (Å²) >= 11 is 1.44. The third-order valence-corrected chi connectivity index (χ3v) is 7.59. The van der Waals surface area contributed by atoms with Crippen LogP contribution >= 0.6 is 11.8 Å². The minimum atomic E-state index is -1.21. The molecular formula is C26H23FN2O3S. The third kappa shape index (κ3) is 3.38. The van der Waals surface area contributed by atoms with E-state index in [-0.39, 0.29) is 11.5 Å². The van der Waals surface area contributed by atoms with Crippen LogP contribution in [0.3, 0.4) is 0 Å². The van der Waals surface area contributed by atoms with Crippen molar-refractivity contribution in [3.63, 3.8) is 0 Å². The van der Waals surface area contributed by atoms with Crippen molar-refractivity contribution >= 4 is 29.3 Å². The number of ether oxygens (including phenoxy) is 1. The second kappa shape index (κ2) is 8.23. The standard InChI is InChI=1S/C26H23FN2O3S/c1-17-10-11-23-21(14-17)26(25(31)28(23)16-18-6-5-7-19(15-18)32-2)29(12-13-33-26)24(30)20-8-3-4-9-22(20)27/h3-11,14-15H,12-13,16H2,1-2H3/t26-/m1/s1. The maximum absolute atomic E-state index is 14.5. The molecule has 0 bridgehead atoms. The van der Waals surface area contributed by atoms with Crippen LogP contribution in [0.2, 0.25) is 0 Å². The molecule has 0 aromatic heterocycles. The molecule has 1 spiro atoms. The smallest absolute Gasteiger partial charge is 0.268 e. The monoisotopic (exact) mass is 462 g/mol. The van der Waals surface area contributed by atoms with Crippen LogP contribution < -0.4 is 9.64 Å². The van der Waals surface area contributed by atoms with Gasteiger partial charge in [-0.15, -0.1) is 11.8 Å². The maximum Gasteiger partial charge on any atom is 0.268 e. The number of carbonyl (C=O) groups is 2. The van der Waals surface area contributed by atoms with Crippen molar-refractivity contribution in [3.8, 4) is 5.75 Å². The molecule has 2 heterocycles. The molecule has 168 valence electrons. The second-order valence-corrected chi connectivity index (χ2v) is 9.48. The predicted octanol–water partition coefficient (Wildman–Crippen LogP) is 4.73. The van der Waals surface area contributed by atoms with Crippen molar-refractivity contribution < 1.29 is 18.7 Å². The van der Waals surface area contributed by atoms with Crippen molar-refractivity contribution in [2.75, 3.05) is 24.3 Å². The van der Waals surface area contributed by atoms with Crippen LogP contribution in [0, 0.1) is 12.7 Å². The topological polar surface area (TPSA) is 49.9 Å². The molecule has 1 saturated heterocycles. The molecular weight excluding hydrogens is 439 g/mol. The number of rotatable bonds is 4. The summed E-state index contributed by atoms with van der Waals surface area (Å²) in [6, 6.07) is 19.4. The van der Waals surface area contributed by atoms with E-state index < -0.39 is 16.6 Å². The average Bonchev–Trinajstić information content (AvgIpc) is 3.36. The van der Waals surface area contributed by atoms with Gasteiger partial charge in [0.2, 0.25) is 0 Å². The number of benzene rings is 3. The lowest BCUT2D eigenvalue weighted by Gasteiger charge is -2.33. The minimum Gasteiger partial charge on any atom is -0.497 e. The van der Waals surface area contributed by atoms with E-state index in [4.69, 9.17) is 4.74 Å². The summed E-state index contributed by atoms with van der Waals surface area (Å²) in [6.45, 7) is 2.67. The highest BCUT2D eigenvalue weighted by Crippen LogP contribution is 2.55. The Hall–Kier alpha value is -3.32. The Bertz CT molecular complexity index is 1260. The van der Waals surface area contributed by atoms with Gasteiger partial charge in [0.25, 0.3) is 11.8 Å². The van der Waals surface area contributed by atoms with Gasteiger partial charge in [0.1, 0.15) is 11.6 Å². The largest absolute Gasteiger partial charge is 0.497 e. The molecule has 2 aliphatic rings. The van der Waals surface area contributed by atoms with Gasteiger partial charge in [0.05, 0.1) is 24.9 Å². The van der Waals surface area contributed by atoms with E-state index in [9.17, 15) is 14.0 Å². The molecule has 3 aromatic rings. The molecule has 2 aliphatic heterocycles. The van der Waals surface area contributed by atoms with E-state index in [1.54, 1.807) is 29.0 Å². The first-order chi connectivity index (χ1) is 16.0. The highest BCUT2D eigenvalue weighted by atomic mass is 32.2. The number of hydrogen-bond donors (Lipinski definition) is 0. The van der Waals surface area contributed by atoms with Gasteiger partial charge in [-0.2, -0.15) is 0 Å². The summed E-state index contributed by atoms with van der Waals surface area (Å²) in [4.78, 5) is 29.6. The maximum atomic E-state index is 14.5. The Morgan fingerprint density at radius 2 is 1.94 bits per heavy atom. The number of amides is 2. The summed E-state index contributed by atoms with van der Waals surface area (Å²) in [7, 11) is 1.61. The van der Waals surface area contributed by atoms with Gasteiger partial charge in [-0.3, -0.25) is 9.59 Å². The van der Waals surface area contributed by atoms with E-state index >= 15 is 0 Å². The average molecular weight is 463 g/mol. The summed E-state index contributed by atoms with van der Waals surface area (Å²) in [5, 5.41) is 0. The lowest BCUT2D eigenvalue weighted by Crippen LogP contribution is -2.50. The lowest BCUT2D eigenvalue weighted by atomic mass is 10.0. The fraction of sp³-hybridized carbons (Fsp3) is 0.231. The first-order valence-corrected chi connectivity index (χ1v) is 11.7. The fourth-order valence-corrected chi connectivity index (χ4v) is 6.07. The Morgan fingerprint density at radius 1 is 1.12 bits per heavy atom. The van der Waals surface area contributed by atoms with Crippen molar-refractivity contribution in [2.45, 2.75) is 18.3 Å². The van der Waals surface area contributed by atoms with Crippen molar-refractivity contribution in [1.82, 2.24) is 4.90 Å². The van der Waals surface area contributed by atoms with Gasteiger partial charge in [-0.1, -0.05) is 42.0 Å². The van der Waals surface area contributed by atoms with E-state index in [1.807, 2.05) is 49.4 Å². The Labute approximate surface area is 196 Å². The van der Waals surface area contributed by atoms with Gasteiger partial charge >= 0.3 is 0 Å². The molecule has 5 rings (SSSR count). The SMILES string of the molecule is COc1cccc(CN2C(=O)[C@]3(SCCN3C(=O)c3ccccc3F)c3cc(C)ccc32)c1. The first-order valence-electron chi connectivity index (χ1n) is 10.7. The fourth-order valence-electron chi connectivity index (χ4n) is 4.62. The van der Waals surface area contributed by atoms with Gasteiger partial charge in [-0.05, 0) is 42.8 Å². The van der Waals surface area contributed by atoms with Crippen LogP contribution in [0.1, 0.15) is 27.0 Å². The highest BCUT2D eigenvalue weighted by Gasteiger charge is 2.59. The van der Waals surface area contributed by atoms with E-state index in [1.165, 1.54) is 23.9 Å². The van der Waals surface area contributed by atoms with Crippen molar-refractivity contribution in [1.29, 1.82) is 0 Å². The molecule has 2 amide bonds. The number of nitrogens with zero attached hydrogens (tertiary/aromatic N) is 2. The first kappa shape index (κ1) is 21.5. The van der Waals surface area contributed by atoms with E-state index in [2.05, 4.69) is 0 Å². The number of fused-ring (bicyclic) bond motifs is 2. The normalized spacial score (nSPS) is 19.3. The molecule has 7 heteroatoms. The molecule has 0 unspecified atom stereocenters. The number of carbonyl (C=O) groups excluding carboxylic acids is 2. The zero-order valence-electron chi connectivity index (χ0n) is 18.4. The van der Waals surface area contributed by atoms with Crippen LogP contribution in [0.15, 0.2) is 66.7 Å². The van der Waals surface area contributed by atoms with Gasteiger partial charge in [0, 0.05) is 17.9 Å². The number of methoxy groups -OCH3 is 1. The summed E-state index contributed by atoms with van der Waals surface area (Å²) in [6.07, 6.45) is 0. The molecule has 0 saturated carbocycles. The van der Waals surface area contributed by atoms with Gasteiger partial charge < -0.3 is 14.5 Å². The lowest BCUT2D eigenvalue weighted by molar-refractivity contribution is -0.123. The number of halogens is 1. The van der Waals surface area contributed by atoms with Crippen LogP contribution in [-0.4, -0.2) is 36.1 Å². The van der Waals surface area contributed by atoms with Crippen LogP contribution in [0.25, 0.3) is 0 Å². The Balaban J connectivity index is 1.60. The van der Waals surface area contributed by atoms with E-state index in [0.717, 1.165) is 22.4 Å². The molecule has 0 N–H and O–H groups in total. The van der Waals surface area contributed by atoms with Crippen molar-refractivity contribution in [2.24, 2.45) is 0 Å². The Morgan fingerprint density at radius 3 is 2.73 bits per heavy atom. The predicted molar refractivity (Wildman–Crippen MR) is 127 cm³/mol. The second-order valence-electron chi connectivity index (χ2n) is 8.19. The number of hydrogen-bond acceptors (Lipinski definition) is 4. The summed E-state index contributed by atoms with van der Waals surface area (Å²) < 4.78 is 19.8. The Kier molecular flexibility index (Phi) is 5.37. The van der Waals surface area contributed by atoms with Crippen LogP contribution in [0.4, 0.5) is 10.1 Å². The summed E-state index contributed by atoms with van der Waals surface area (Å²) in [5.41, 5.74) is 3.44. The van der Waals surface area contributed by atoms with Crippen molar-refractivity contribution in [3.05, 3.63) is 94.8 Å². The van der Waals surface area contributed by atoms with Gasteiger partial charge in [-0.25, -0.2) is 4.39 Å². The molecule has 33 heavy (non-hydrogen) atoms. The van der Waals surface area contributed by atoms with Gasteiger partial charge in [0.15, 0.2) is 4.87 Å². The molecule has 5 nitrogen and oxygen atoms in total. The number of aryl methyl sites for hydroxylation is 1. The quantitative estimate of drug-likeness (QED) is 0.563. The minimum absolute atomic E-state index is 0.0207. The molecule has 1 atom stereocenters. The zero-order chi connectivity index (χ0) is 23.2. The third-order valence-electron chi connectivity index (χ3n) is 6.17. The number of anilines is 1. The molecule has 0 radical (unpaired) electrons. The van der Waals surface area contributed by atoms with E-state index in [0.29, 0.717) is 24.6 Å². The molecule has 1 fully saturated rings. The molecule has 3 aromatic carbocycles. The summed E-state index contributed by atoms with van der Waals surface area (Å²) in [5.74, 6) is 0.0642. The number of thioether (sulfide) groups is 1. The van der Waals surface area contributed by atoms with Crippen LogP contribution in [0.5, 0.6) is 5.75 Å².